The first-order chi connectivity index (χ1) is 10.2. The number of aryl methyl sites for hydroxylation is 1. The second kappa shape index (κ2) is 5.85. The average molecular weight is 300 g/mol. The highest BCUT2D eigenvalue weighted by molar-refractivity contribution is 7.80. The van der Waals surface area contributed by atoms with Crippen LogP contribution >= 0.6 is 12.2 Å². The SMILES string of the molecule is CCCN1C(=S)N[C@@H](c2ccccn2)[C@@H]1c1ccn(C)c1. The predicted molar refractivity (Wildman–Crippen MR) is 87.9 cm³/mol. The number of rotatable bonds is 4. The lowest BCUT2D eigenvalue weighted by molar-refractivity contribution is 0.317. The zero-order valence-electron chi connectivity index (χ0n) is 12.4. The fourth-order valence-electron chi connectivity index (χ4n) is 2.95. The molecule has 110 valence electrons. The van der Waals surface area contributed by atoms with Gasteiger partial charge in [0, 0.05) is 32.2 Å². The van der Waals surface area contributed by atoms with Crippen molar-refractivity contribution in [3.8, 4) is 0 Å². The van der Waals surface area contributed by atoms with Crippen LogP contribution in [-0.2, 0) is 7.05 Å². The Morgan fingerprint density at radius 2 is 2.19 bits per heavy atom. The Bertz CT molecular complexity index is 622. The lowest BCUT2D eigenvalue weighted by atomic mass is 9.99. The van der Waals surface area contributed by atoms with Gasteiger partial charge in [0.1, 0.15) is 0 Å². The van der Waals surface area contributed by atoms with Crippen molar-refractivity contribution < 1.29 is 0 Å². The summed E-state index contributed by atoms with van der Waals surface area (Å²) in [5.41, 5.74) is 2.31. The number of hydrogen-bond acceptors (Lipinski definition) is 2. The minimum Gasteiger partial charge on any atom is -0.357 e. The van der Waals surface area contributed by atoms with Crippen LogP contribution in [0.3, 0.4) is 0 Å². The summed E-state index contributed by atoms with van der Waals surface area (Å²) in [5, 5.41) is 4.27. The fraction of sp³-hybridized carbons (Fsp3) is 0.375. The van der Waals surface area contributed by atoms with Crippen molar-refractivity contribution in [1.82, 2.24) is 19.8 Å². The molecule has 1 aliphatic heterocycles. The summed E-state index contributed by atoms with van der Waals surface area (Å²) in [7, 11) is 2.05. The van der Waals surface area contributed by atoms with Crippen molar-refractivity contribution in [3.05, 3.63) is 54.1 Å². The van der Waals surface area contributed by atoms with Gasteiger partial charge in [-0.15, -0.1) is 0 Å². The van der Waals surface area contributed by atoms with Crippen molar-refractivity contribution in [2.24, 2.45) is 7.05 Å². The van der Waals surface area contributed by atoms with Crippen LogP contribution < -0.4 is 5.32 Å². The number of nitrogens with one attached hydrogen (secondary N) is 1. The maximum atomic E-state index is 5.55. The molecule has 0 spiro atoms. The molecule has 1 saturated heterocycles. The van der Waals surface area contributed by atoms with Crippen LogP contribution in [0.2, 0.25) is 0 Å². The third-order valence-corrected chi connectivity index (χ3v) is 4.21. The normalized spacial score (nSPS) is 21.6. The summed E-state index contributed by atoms with van der Waals surface area (Å²) in [6.07, 6.45) is 7.15. The van der Waals surface area contributed by atoms with Crippen LogP contribution in [0.1, 0.15) is 36.7 Å². The quantitative estimate of drug-likeness (QED) is 0.880. The van der Waals surface area contributed by atoms with Gasteiger partial charge < -0.3 is 14.8 Å². The van der Waals surface area contributed by atoms with Crippen molar-refractivity contribution in [3.63, 3.8) is 0 Å². The molecule has 21 heavy (non-hydrogen) atoms. The number of nitrogens with zero attached hydrogens (tertiary/aromatic N) is 3. The van der Waals surface area contributed by atoms with E-state index in [0.717, 1.165) is 23.8 Å². The largest absolute Gasteiger partial charge is 0.357 e. The molecule has 2 aromatic heterocycles. The molecule has 2 atom stereocenters. The Kier molecular flexibility index (Phi) is 3.92. The highest BCUT2D eigenvalue weighted by Crippen LogP contribution is 2.38. The highest BCUT2D eigenvalue weighted by atomic mass is 32.1. The number of pyridine rings is 1. The van der Waals surface area contributed by atoms with Gasteiger partial charge in [-0.1, -0.05) is 13.0 Å². The van der Waals surface area contributed by atoms with Gasteiger partial charge in [0.2, 0.25) is 0 Å². The number of aromatic nitrogens is 2. The van der Waals surface area contributed by atoms with E-state index in [2.05, 4.69) is 51.2 Å². The van der Waals surface area contributed by atoms with Crippen LogP contribution in [0.25, 0.3) is 0 Å². The summed E-state index contributed by atoms with van der Waals surface area (Å²) >= 11 is 5.55. The molecule has 2 aromatic rings. The first-order valence-corrected chi connectivity index (χ1v) is 7.71. The van der Waals surface area contributed by atoms with Crippen LogP contribution in [0, 0.1) is 0 Å². The summed E-state index contributed by atoms with van der Waals surface area (Å²) in [4.78, 5) is 6.80. The van der Waals surface area contributed by atoms with E-state index in [1.807, 2.05) is 25.4 Å². The molecule has 5 heteroatoms. The van der Waals surface area contributed by atoms with Crippen LogP contribution in [0.4, 0.5) is 0 Å². The minimum absolute atomic E-state index is 0.104. The van der Waals surface area contributed by atoms with Gasteiger partial charge in [-0.25, -0.2) is 0 Å². The van der Waals surface area contributed by atoms with Gasteiger partial charge in [-0.3, -0.25) is 4.98 Å². The molecule has 3 rings (SSSR count). The second-order valence-corrected chi connectivity index (χ2v) is 5.82. The maximum absolute atomic E-state index is 5.55. The molecule has 4 nitrogen and oxygen atoms in total. The molecule has 1 aliphatic rings. The molecule has 0 unspecified atom stereocenters. The smallest absolute Gasteiger partial charge is 0.170 e. The van der Waals surface area contributed by atoms with Crippen LogP contribution in [-0.4, -0.2) is 26.1 Å². The highest BCUT2D eigenvalue weighted by Gasteiger charge is 2.39. The molecule has 3 heterocycles. The zero-order chi connectivity index (χ0) is 14.8. The van der Waals surface area contributed by atoms with Crippen LogP contribution in [0.15, 0.2) is 42.9 Å². The van der Waals surface area contributed by atoms with E-state index >= 15 is 0 Å². The lowest BCUT2D eigenvalue weighted by Crippen LogP contribution is -2.30. The maximum Gasteiger partial charge on any atom is 0.170 e. The van der Waals surface area contributed by atoms with E-state index in [-0.39, 0.29) is 12.1 Å². The molecule has 0 aliphatic carbocycles. The minimum atomic E-state index is 0.104. The molecule has 1 fully saturated rings. The first-order valence-electron chi connectivity index (χ1n) is 7.30. The summed E-state index contributed by atoms with van der Waals surface area (Å²) in [6, 6.07) is 8.50. The van der Waals surface area contributed by atoms with Gasteiger partial charge in [0.05, 0.1) is 17.8 Å². The zero-order valence-corrected chi connectivity index (χ0v) is 13.2. The molecule has 0 amide bonds. The molecular weight excluding hydrogens is 280 g/mol. The molecule has 0 radical (unpaired) electrons. The standard InChI is InChI=1S/C16H20N4S/c1-3-9-20-15(12-7-10-19(2)11-12)14(18-16(20)21)13-6-4-5-8-17-13/h4-8,10-11,14-15H,3,9H2,1-2H3,(H,18,21)/t14-,15-/m0/s1. The van der Waals surface area contributed by atoms with Crippen molar-refractivity contribution >= 4 is 17.3 Å². The predicted octanol–water partition coefficient (Wildman–Crippen LogP) is 2.80. The Labute approximate surface area is 130 Å². The average Bonchev–Trinajstić information content (AvgIpc) is 3.05. The van der Waals surface area contributed by atoms with Gasteiger partial charge in [-0.05, 0) is 42.4 Å². The summed E-state index contributed by atoms with van der Waals surface area (Å²) < 4.78 is 2.08. The summed E-state index contributed by atoms with van der Waals surface area (Å²) in [5.74, 6) is 0. The van der Waals surface area contributed by atoms with E-state index in [9.17, 15) is 0 Å². The first kappa shape index (κ1) is 14.1. The van der Waals surface area contributed by atoms with Crippen molar-refractivity contribution in [2.75, 3.05) is 6.54 Å². The molecule has 1 N–H and O–H groups in total. The third kappa shape index (κ3) is 2.65. The van der Waals surface area contributed by atoms with E-state index in [1.165, 1.54) is 5.56 Å². The van der Waals surface area contributed by atoms with E-state index in [0.29, 0.717) is 0 Å². The van der Waals surface area contributed by atoms with Gasteiger partial charge in [0.15, 0.2) is 5.11 Å². The second-order valence-electron chi connectivity index (χ2n) is 5.43. The van der Waals surface area contributed by atoms with Gasteiger partial charge in [0.25, 0.3) is 0 Å². The van der Waals surface area contributed by atoms with E-state index < -0.39 is 0 Å². The van der Waals surface area contributed by atoms with Crippen molar-refractivity contribution in [1.29, 1.82) is 0 Å². The monoisotopic (exact) mass is 300 g/mol. The third-order valence-electron chi connectivity index (χ3n) is 3.86. The molecule has 0 bridgehead atoms. The van der Waals surface area contributed by atoms with E-state index in [4.69, 9.17) is 12.2 Å². The number of hydrogen-bond donors (Lipinski definition) is 1. The van der Waals surface area contributed by atoms with Crippen molar-refractivity contribution in [2.45, 2.75) is 25.4 Å². The molecule has 0 saturated carbocycles. The van der Waals surface area contributed by atoms with Gasteiger partial charge in [-0.2, -0.15) is 0 Å². The lowest BCUT2D eigenvalue weighted by Gasteiger charge is -2.26. The van der Waals surface area contributed by atoms with E-state index in [1.54, 1.807) is 0 Å². The Morgan fingerprint density at radius 1 is 1.33 bits per heavy atom. The molecular formula is C16H20N4S. The van der Waals surface area contributed by atoms with Gasteiger partial charge >= 0.3 is 0 Å². The fourth-order valence-corrected chi connectivity index (χ4v) is 3.28. The Hall–Kier alpha value is -1.88. The number of thiocarbonyl (C=S) groups is 1. The van der Waals surface area contributed by atoms with Crippen LogP contribution in [0.5, 0.6) is 0 Å². The molecule has 0 aromatic carbocycles. The Balaban J connectivity index is 2.00. The Morgan fingerprint density at radius 3 is 2.81 bits per heavy atom. The summed E-state index contributed by atoms with van der Waals surface area (Å²) in [6.45, 7) is 3.13. The topological polar surface area (TPSA) is 33.1 Å².